The van der Waals surface area contributed by atoms with Gasteiger partial charge in [0.2, 0.25) is 0 Å². The van der Waals surface area contributed by atoms with E-state index in [0.29, 0.717) is 18.6 Å². The first-order valence-electron chi connectivity index (χ1n) is 11.3. The quantitative estimate of drug-likeness (QED) is 0.748. The number of fused-ring (bicyclic) bond motifs is 3. The highest BCUT2D eigenvalue weighted by Crippen LogP contribution is 2.33. The Kier molecular flexibility index (Phi) is 6.27. The fraction of sp³-hybridized carbons (Fsp3) is 0.500. The standard InChI is InChI=1S/C24H30N4O2S/c1-16-23(17-7-11-28(16)12-8-17)27-24(29)18-2-4-19(5-3-18)31-20-6-9-26-21(14-20)22-15-25-10-13-30-22/h2-6,9,14,16-17,22-23,25H,7-8,10-13,15H2,1H3,(H,27,29)/t16-,22?,23-/m0/s1. The number of piperidine rings is 3. The first kappa shape index (κ1) is 20.9. The monoisotopic (exact) mass is 438 g/mol. The van der Waals surface area contributed by atoms with Crippen molar-refractivity contribution in [3.05, 3.63) is 53.9 Å². The van der Waals surface area contributed by atoms with Gasteiger partial charge in [-0.1, -0.05) is 11.8 Å². The van der Waals surface area contributed by atoms with Gasteiger partial charge in [-0.05, 0) is 75.2 Å². The second-order valence-electron chi connectivity index (χ2n) is 8.72. The molecule has 4 saturated heterocycles. The van der Waals surface area contributed by atoms with Crippen LogP contribution in [0.1, 0.15) is 41.9 Å². The van der Waals surface area contributed by atoms with Crippen molar-refractivity contribution in [1.29, 1.82) is 0 Å². The molecular weight excluding hydrogens is 408 g/mol. The maximum Gasteiger partial charge on any atom is 0.251 e. The van der Waals surface area contributed by atoms with Crippen molar-refractivity contribution in [2.75, 3.05) is 32.8 Å². The summed E-state index contributed by atoms with van der Waals surface area (Å²) in [5.74, 6) is 0.651. The minimum Gasteiger partial charge on any atom is -0.369 e. The number of hydrogen-bond donors (Lipinski definition) is 2. The van der Waals surface area contributed by atoms with Gasteiger partial charge in [0.15, 0.2) is 0 Å². The molecule has 6 rings (SSSR count). The van der Waals surface area contributed by atoms with Gasteiger partial charge >= 0.3 is 0 Å². The van der Waals surface area contributed by atoms with Crippen molar-refractivity contribution < 1.29 is 9.53 Å². The van der Waals surface area contributed by atoms with Crippen LogP contribution in [0.2, 0.25) is 0 Å². The fourth-order valence-electron chi connectivity index (χ4n) is 5.01. The van der Waals surface area contributed by atoms with E-state index < -0.39 is 0 Å². The van der Waals surface area contributed by atoms with Gasteiger partial charge in [0.25, 0.3) is 5.91 Å². The molecule has 164 valence electrons. The van der Waals surface area contributed by atoms with Crippen molar-refractivity contribution >= 4 is 17.7 Å². The molecule has 1 aromatic carbocycles. The molecule has 1 amide bonds. The average Bonchev–Trinajstić information content (AvgIpc) is 2.83. The van der Waals surface area contributed by atoms with E-state index in [1.54, 1.807) is 11.8 Å². The summed E-state index contributed by atoms with van der Waals surface area (Å²) in [6.07, 6.45) is 4.24. The van der Waals surface area contributed by atoms with E-state index in [0.717, 1.165) is 34.1 Å². The van der Waals surface area contributed by atoms with Crippen molar-refractivity contribution in [1.82, 2.24) is 20.5 Å². The predicted molar refractivity (Wildman–Crippen MR) is 121 cm³/mol. The zero-order valence-corrected chi connectivity index (χ0v) is 18.7. The Bertz CT molecular complexity index is 906. The van der Waals surface area contributed by atoms with Crippen LogP contribution in [0.5, 0.6) is 0 Å². The van der Waals surface area contributed by atoms with Gasteiger partial charge in [0.05, 0.1) is 12.3 Å². The molecular formula is C24H30N4O2S. The topological polar surface area (TPSA) is 66.5 Å². The third-order valence-corrected chi connectivity index (χ3v) is 7.84. The second-order valence-corrected chi connectivity index (χ2v) is 9.87. The Morgan fingerprint density at radius 2 is 2.00 bits per heavy atom. The molecule has 4 aliphatic rings. The van der Waals surface area contributed by atoms with Crippen LogP contribution in [0.15, 0.2) is 52.4 Å². The van der Waals surface area contributed by atoms with Crippen LogP contribution in [0.3, 0.4) is 0 Å². The largest absolute Gasteiger partial charge is 0.369 e. The molecule has 4 aliphatic heterocycles. The minimum atomic E-state index is 0.00847. The Hall–Kier alpha value is -1.93. The number of nitrogens with one attached hydrogen (secondary N) is 2. The Morgan fingerprint density at radius 1 is 1.19 bits per heavy atom. The molecule has 3 atom stereocenters. The maximum absolute atomic E-state index is 12.9. The number of carbonyl (C=O) groups excluding carboxylic acids is 1. The molecule has 7 heteroatoms. The molecule has 5 heterocycles. The lowest BCUT2D eigenvalue weighted by Gasteiger charge is -2.49. The zero-order valence-electron chi connectivity index (χ0n) is 17.9. The summed E-state index contributed by atoms with van der Waals surface area (Å²) in [5, 5.41) is 6.66. The Balaban J connectivity index is 1.22. The summed E-state index contributed by atoms with van der Waals surface area (Å²) >= 11 is 1.68. The summed E-state index contributed by atoms with van der Waals surface area (Å²) in [4.78, 5) is 22.1. The summed E-state index contributed by atoms with van der Waals surface area (Å²) in [6.45, 7) is 6.99. The number of nitrogens with zero attached hydrogens (tertiary/aromatic N) is 2. The van der Waals surface area contributed by atoms with Crippen molar-refractivity contribution in [2.45, 2.75) is 47.7 Å². The zero-order chi connectivity index (χ0) is 21.2. The van der Waals surface area contributed by atoms with Crippen LogP contribution in [0.4, 0.5) is 0 Å². The highest BCUT2D eigenvalue weighted by atomic mass is 32.2. The fourth-order valence-corrected chi connectivity index (χ4v) is 5.87. The van der Waals surface area contributed by atoms with Crippen LogP contribution in [-0.4, -0.2) is 60.7 Å². The molecule has 6 nitrogen and oxygen atoms in total. The van der Waals surface area contributed by atoms with Gasteiger partial charge in [0, 0.05) is 46.7 Å². The molecule has 4 fully saturated rings. The molecule has 31 heavy (non-hydrogen) atoms. The average molecular weight is 439 g/mol. The highest BCUT2D eigenvalue weighted by Gasteiger charge is 2.40. The van der Waals surface area contributed by atoms with Gasteiger partial charge in [-0.2, -0.15) is 0 Å². The van der Waals surface area contributed by atoms with Crippen LogP contribution in [-0.2, 0) is 4.74 Å². The SMILES string of the molecule is C[C@H]1[C@H](NC(=O)c2ccc(Sc3ccnc(C4CNCCO4)c3)cc2)C2CCN1CC2. The predicted octanol–water partition coefficient (Wildman–Crippen LogP) is 3.11. The van der Waals surface area contributed by atoms with Crippen LogP contribution < -0.4 is 10.6 Å². The number of morpholine rings is 1. The molecule has 1 unspecified atom stereocenters. The summed E-state index contributed by atoms with van der Waals surface area (Å²) < 4.78 is 5.82. The molecule has 0 radical (unpaired) electrons. The van der Waals surface area contributed by atoms with Gasteiger partial charge in [-0.3, -0.25) is 14.7 Å². The first-order valence-corrected chi connectivity index (χ1v) is 12.1. The summed E-state index contributed by atoms with van der Waals surface area (Å²) in [5.41, 5.74) is 1.69. The molecule has 2 N–H and O–H groups in total. The van der Waals surface area contributed by atoms with E-state index in [9.17, 15) is 4.79 Å². The van der Waals surface area contributed by atoms with Crippen molar-refractivity contribution in [2.24, 2.45) is 5.92 Å². The lowest BCUT2D eigenvalue weighted by molar-refractivity contribution is 0.0217. The molecule has 1 aromatic heterocycles. The number of ether oxygens (including phenoxy) is 1. The van der Waals surface area contributed by atoms with Gasteiger partial charge in [-0.25, -0.2) is 0 Å². The van der Waals surface area contributed by atoms with E-state index in [-0.39, 0.29) is 18.1 Å². The number of carbonyl (C=O) groups is 1. The third kappa shape index (κ3) is 4.65. The van der Waals surface area contributed by atoms with Crippen LogP contribution in [0, 0.1) is 5.92 Å². The summed E-state index contributed by atoms with van der Waals surface area (Å²) in [7, 11) is 0. The normalized spacial score (nSPS) is 30.2. The van der Waals surface area contributed by atoms with E-state index in [1.807, 2.05) is 36.5 Å². The number of pyridine rings is 1. The number of aromatic nitrogens is 1. The van der Waals surface area contributed by atoms with Crippen LogP contribution in [0.25, 0.3) is 0 Å². The van der Waals surface area contributed by atoms with Gasteiger partial charge < -0.3 is 15.4 Å². The lowest BCUT2D eigenvalue weighted by atomic mass is 9.79. The summed E-state index contributed by atoms with van der Waals surface area (Å²) in [6, 6.07) is 12.7. The smallest absolute Gasteiger partial charge is 0.251 e. The third-order valence-electron chi connectivity index (χ3n) is 6.84. The van der Waals surface area contributed by atoms with E-state index in [2.05, 4.69) is 33.5 Å². The van der Waals surface area contributed by atoms with E-state index >= 15 is 0 Å². The molecule has 0 aliphatic carbocycles. The van der Waals surface area contributed by atoms with E-state index in [1.165, 1.54) is 25.9 Å². The van der Waals surface area contributed by atoms with Crippen LogP contribution >= 0.6 is 11.8 Å². The molecule has 2 bridgehead atoms. The number of hydrogen-bond acceptors (Lipinski definition) is 6. The Morgan fingerprint density at radius 3 is 2.71 bits per heavy atom. The highest BCUT2D eigenvalue weighted by molar-refractivity contribution is 7.99. The first-order chi connectivity index (χ1) is 15.2. The minimum absolute atomic E-state index is 0.00847. The van der Waals surface area contributed by atoms with Gasteiger partial charge in [-0.15, -0.1) is 0 Å². The molecule has 2 aromatic rings. The number of rotatable bonds is 5. The molecule has 0 spiro atoms. The lowest BCUT2D eigenvalue weighted by Crippen LogP contribution is -2.62. The Labute approximate surface area is 188 Å². The van der Waals surface area contributed by atoms with E-state index in [4.69, 9.17) is 4.74 Å². The molecule has 0 saturated carbocycles. The van der Waals surface area contributed by atoms with Crippen molar-refractivity contribution in [3.8, 4) is 0 Å². The second kappa shape index (κ2) is 9.28. The maximum atomic E-state index is 12.9. The van der Waals surface area contributed by atoms with Gasteiger partial charge in [0.1, 0.15) is 6.10 Å². The number of amides is 1. The van der Waals surface area contributed by atoms with Crippen molar-refractivity contribution in [3.63, 3.8) is 0 Å². The number of benzene rings is 1.